The topological polar surface area (TPSA) is 30.5 Å². The zero-order chi connectivity index (χ0) is 13.9. The summed E-state index contributed by atoms with van der Waals surface area (Å²) >= 11 is 0. The van der Waals surface area contributed by atoms with Crippen molar-refractivity contribution >= 4 is 0 Å². The number of halogens is 1. The van der Waals surface area contributed by atoms with Gasteiger partial charge in [0.15, 0.2) is 11.6 Å². The third-order valence-corrected chi connectivity index (χ3v) is 2.78. The summed E-state index contributed by atoms with van der Waals surface area (Å²) in [7, 11) is 1.68. The van der Waals surface area contributed by atoms with Gasteiger partial charge in [-0.3, -0.25) is 0 Å². The summed E-state index contributed by atoms with van der Waals surface area (Å²) in [4.78, 5) is 0. The Morgan fingerprint density at radius 1 is 1.21 bits per heavy atom. The van der Waals surface area contributed by atoms with Gasteiger partial charge >= 0.3 is 0 Å². The Morgan fingerprint density at radius 2 is 2.00 bits per heavy atom. The summed E-state index contributed by atoms with van der Waals surface area (Å²) in [6.07, 6.45) is 2.85. The second-order valence-electron chi connectivity index (χ2n) is 4.45. The molecule has 0 aliphatic heterocycles. The fraction of sp³-hybridized carbons (Fsp3) is 0.600. The van der Waals surface area contributed by atoms with Crippen molar-refractivity contribution in [3.8, 4) is 5.75 Å². The van der Waals surface area contributed by atoms with Crippen molar-refractivity contribution in [2.24, 2.45) is 0 Å². The molecule has 0 heterocycles. The molecule has 0 aliphatic carbocycles. The lowest BCUT2D eigenvalue weighted by molar-refractivity contribution is 0.183. The highest BCUT2D eigenvalue weighted by molar-refractivity contribution is 5.34. The van der Waals surface area contributed by atoms with Gasteiger partial charge in [-0.25, -0.2) is 4.39 Å². The molecule has 0 bridgehead atoms. The van der Waals surface area contributed by atoms with E-state index < -0.39 is 0 Å². The number of benzene rings is 1. The predicted octanol–water partition coefficient (Wildman–Crippen LogP) is 3.13. The first-order valence-corrected chi connectivity index (χ1v) is 6.89. The van der Waals surface area contributed by atoms with E-state index in [-0.39, 0.29) is 5.82 Å². The van der Waals surface area contributed by atoms with Crippen LogP contribution in [0.4, 0.5) is 4.39 Å². The Kier molecular flexibility index (Phi) is 8.18. The smallest absolute Gasteiger partial charge is 0.165 e. The van der Waals surface area contributed by atoms with E-state index in [9.17, 15) is 4.39 Å². The Balaban J connectivity index is 2.49. The molecule has 0 spiro atoms. The van der Waals surface area contributed by atoms with Crippen LogP contribution in [-0.4, -0.2) is 26.9 Å². The molecule has 4 heteroatoms. The van der Waals surface area contributed by atoms with E-state index in [4.69, 9.17) is 9.47 Å². The third kappa shape index (κ3) is 6.03. The van der Waals surface area contributed by atoms with Gasteiger partial charge in [-0.05, 0) is 31.9 Å². The number of hydrogen-bond donors (Lipinski definition) is 1. The largest absolute Gasteiger partial charge is 0.490 e. The summed E-state index contributed by atoms with van der Waals surface area (Å²) in [5.74, 6) is 0.0889. The fourth-order valence-electron chi connectivity index (χ4n) is 1.78. The number of hydrogen-bond acceptors (Lipinski definition) is 3. The number of para-hydroxylation sites is 1. The number of unbranched alkanes of at least 4 members (excludes halogenated alkanes) is 1. The van der Waals surface area contributed by atoms with E-state index >= 15 is 0 Å². The van der Waals surface area contributed by atoms with Crippen molar-refractivity contribution < 1.29 is 13.9 Å². The molecule has 1 rings (SSSR count). The lowest BCUT2D eigenvalue weighted by Crippen LogP contribution is -2.15. The van der Waals surface area contributed by atoms with Crippen molar-refractivity contribution in [2.45, 2.75) is 32.7 Å². The summed E-state index contributed by atoms with van der Waals surface area (Å²) in [5.41, 5.74) is 0.875. The second kappa shape index (κ2) is 9.75. The molecule has 19 heavy (non-hydrogen) atoms. The van der Waals surface area contributed by atoms with E-state index in [1.807, 2.05) is 6.07 Å². The molecule has 1 N–H and O–H groups in total. The van der Waals surface area contributed by atoms with Crippen LogP contribution in [0.25, 0.3) is 0 Å². The van der Waals surface area contributed by atoms with Gasteiger partial charge in [0.25, 0.3) is 0 Å². The van der Waals surface area contributed by atoms with E-state index in [1.165, 1.54) is 6.07 Å². The molecule has 0 aromatic heterocycles. The zero-order valence-electron chi connectivity index (χ0n) is 11.9. The Hall–Kier alpha value is -1.13. The quantitative estimate of drug-likeness (QED) is 0.662. The molecular formula is C15H24FNO2. The van der Waals surface area contributed by atoms with E-state index in [2.05, 4.69) is 12.2 Å². The van der Waals surface area contributed by atoms with Crippen molar-refractivity contribution in [3.63, 3.8) is 0 Å². The Bertz CT molecular complexity index is 358. The number of rotatable bonds is 10. The summed E-state index contributed by atoms with van der Waals surface area (Å²) < 4.78 is 24.3. The molecule has 1 aromatic carbocycles. The van der Waals surface area contributed by atoms with Crippen LogP contribution < -0.4 is 10.1 Å². The van der Waals surface area contributed by atoms with Gasteiger partial charge in [0.2, 0.25) is 0 Å². The molecule has 0 radical (unpaired) electrons. The van der Waals surface area contributed by atoms with Crippen LogP contribution in [0.15, 0.2) is 18.2 Å². The average molecular weight is 269 g/mol. The van der Waals surface area contributed by atoms with Crippen LogP contribution in [-0.2, 0) is 11.3 Å². The molecule has 3 nitrogen and oxygen atoms in total. The maximum Gasteiger partial charge on any atom is 0.165 e. The van der Waals surface area contributed by atoms with Crippen LogP contribution >= 0.6 is 0 Å². The van der Waals surface area contributed by atoms with E-state index in [0.717, 1.165) is 31.4 Å². The third-order valence-electron chi connectivity index (χ3n) is 2.78. The number of methoxy groups -OCH3 is 1. The molecule has 0 aliphatic rings. The van der Waals surface area contributed by atoms with Gasteiger partial charge in [-0.1, -0.05) is 19.1 Å². The highest BCUT2D eigenvalue weighted by atomic mass is 19.1. The van der Waals surface area contributed by atoms with Crippen molar-refractivity contribution in [2.75, 3.05) is 26.9 Å². The van der Waals surface area contributed by atoms with Gasteiger partial charge in [-0.15, -0.1) is 0 Å². The highest BCUT2D eigenvalue weighted by Crippen LogP contribution is 2.22. The molecule has 0 unspecified atom stereocenters. The molecular weight excluding hydrogens is 245 g/mol. The SMILES string of the molecule is CCCNCc1cccc(F)c1OCCCCOC. The monoisotopic (exact) mass is 269 g/mol. The molecule has 0 fully saturated rings. The minimum Gasteiger partial charge on any atom is -0.490 e. The molecule has 108 valence electrons. The summed E-state index contributed by atoms with van der Waals surface area (Å²) in [6, 6.07) is 5.06. The lowest BCUT2D eigenvalue weighted by atomic mass is 10.2. The normalized spacial score (nSPS) is 10.7. The van der Waals surface area contributed by atoms with Crippen LogP contribution in [0, 0.1) is 5.82 Å². The van der Waals surface area contributed by atoms with Gasteiger partial charge in [0.1, 0.15) is 0 Å². The first-order chi connectivity index (χ1) is 9.29. The Morgan fingerprint density at radius 3 is 2.74 bits per heavy atom. The van der Waals surface area contributed by atoms with Gasteiger partial charge in [-0.2, -0.15) is 0 Å². The van der Waals surface area contributed by atoms with Crippen LogP contribution in [0.1, 0.15) is 31.7 Å². The predicted molar refractivity (Wildman–Crippen MR) is 75.0 cm³/mol. The lowest BCUT2D eigenvalue weighted by Gasteiger charge is -2.13. The van der Waals surface area contributed by atoms with Crippen LogP contribution in [0.3, 0.4) is 0 Å². The second-order valence-corrected chi connectivity index (χ2v) is 4.45. The van der Waals surface area contributed by atoms with Crippen molar-refractivity contribution in [1.29, 1.82) is 0 Å². The van der Waals surface area contributed by atoms with Gasteiger partial charge in [0, 0.05) is 25.8 Å². The first-order valence-electron chi connectivity index (χ1n) is 6.89. The average Bonchev–Trinajstić information content (AvgIpc) is 2.41. The summed E-state index contributed by atoms with van der Waals surface area (Å²) in [5, 5.41) is 3.26. The maximum atomic E-state index is 13.8. The standard InChI is InChI=1S/C15H24FNO2/c1-3-9-17-12-13-7-6-8-14(16)15(13)19-11-5-4-10-18-2/h6-8,17H,3-5,9-12H2,1-2H3. The number of ether oxygens (including phenoxy) is 2. The van der Waals surface area contributed by atoms with Crippen LogP contribution in [0.5, 0.6) is 5.75 Å². The van der Waals surface area contributed by atoms with Crippen LogP contribution in [0.2, 0.25) is 0 Å². The molecule has 1 aromatic rings. The zero-order valence-corrected chi connectivity index (χ0v) is 11.9. The van der Waals surface area contributed by atoms with E-state index in [0.29, 0.717) is 25.5 Å². The fourth-order valence-corrected chi connectivity index (χ4v) is 1.78. The Labute approximate surface area is 115 Å². The van der Waals surface area contributed by atoms with Gasteiger partial charge in [0.05, 0.1) is 6.61 Å². The highest BCUT2D eigenvalue weighted by Gasteiger charge is 2.09. The number of nitrogens with one attached hydrogen (secondary N) is 1. The molecule has 0 saturated carbocycles. The maximum absolute atomic E-state index is 13.8. The van der Waals surface area contributed by atoms with Crippen molar-refractivity contribution in [3.05, 3.63) is 29.6 Å². The summed E-state index contributed by atoms with van der Waals surface area (Å²) in [6.45, 7) is 4.89. The first kappa shape index (κ1) is 15.9. The minimum absolute atomic E-state index is 0.289. The molecule has 0 amide bonds. The van der Waals surface area contributed by atoms with Crippen molar-refractivity contribution in [1.82, 2.24) is 5.32 Å². The minimum atomic E-state index is -0.289. The van der Waals surface area contributed by atoms with Gasteiger partial charge < -0.3 is 14.8 Å². The molecule has 0 atom stereocenters. The molecule has 0 saturated heterocycles. The van der Waals surface area contributed by atoms with E-state index in [1.54, 1.807) is 13.2 Å².